The lowest BCUT2D eigenvalue weighted by Gasteiger charge is -2.25. The second-order valence-corrected chi connectivity index (χ2v) is 9.14. The number of hydrogen-bond donors (Lipinski definition) is 1. The molecule has 1 saturated heterocycles. The molecule has 0 spiro atoms. The van der Waals surface area contributed by atoms with Crippen molar-refractivity contribution in [3.05, 3.63) is 79.2 Å². The number of rotatable bonds is 5. The van der Waals surface area contributed by atoms with Gasteiger partial charge in [0, 0.05) is 10.6 Å². The Morgan fingerprint density at radius 2 is 1.82 bits per heavy atom. The van der Waals surface area contributed by atoms with Gasteiger partial charge in [0.2, 0.25) is 0 Å². The lowest BCUT2D eigenvalue weighted by molar-refractivity contribution is -0.132. The van der Waals surface area contributed by atoms with E-state index >= 15 is 0 Å². The predicted molar refractivity (Wildman–Crippen MR) is 130 cm³/mol. The number of amides is 1. The first kappa shape index (κ1) is 24.1. The number of carbonyl (C=O) groups is 2. The molecule has 1 N–H and O–H groups in total. The Balaban J connectivity index is 2.02. The lowest BCUT2D eigenvalue weighted by Crippen LogP contribution is -2.29. The van der Waals surface area contributed by atoms with E-state index in [1.54, 1.807) is 5.38 Å². The first-order valence-corrected chi connectivity index (χ1v) is 11.6. The monoisotopic (exact) mass is 521 g/mol. The number of thiophene rings is 1. The highest BCUT2D eigenvalue weighted by atomic mass is 35.5. The number of ether oxygens (including phenoxy) is 2. The van der Waals surface area contributed by atoms with E-state index in [9.17, 15) is 19.1 Å². The van der Waals surface area contributed by atoms with Crippen LogP contribution in [0, 0.1) is 12.7 Å². The van der Waals surface area contributed by atoms with Crippen LogP contribution in [-0.4, -0.2) is 31.0 Å². The molecule has 1 aliphatic rings. The third-order valence-electron chi connectivity index (χ3n) is 5.48. The highest BCUT2D eigenvalue weighted by Crippen LogP contribution is 2.49. The molecule has 6 nitrogen and oxygen atoms in total. The number of hydrogen-bond acceptors (Lipinski definition) is 6. The fourth-order valence-corrected chi connectivity index (χ4v) is 5.64. The van der Waals surface area contributed by atoms with Crippen molar-refractivity contribution in [2.24, 2.45) is 0 Å². The number of aliphatic hydroxyl groups is 1. The number of methoxy groups -OCH3 is 2. The summed E-state index contributed by atoms with van der Waals surface area (Å²) in [5.74, 6) is -2.81. The van der Waals surface area contributed by atoms with Crippen molar-refractivity contribution in [3.8, 4) is 11.5 Å². The van der Waals surface area contributed by atoms with E-state index in [0.717, 1.165) is 11.6 Å². The molecule has 0 radical (unpaired) electrons. The quantitative estimate of drug-likeness (QED) is 0.247. The van der Waals surface area contributed by atoms with Crippen LogP contribution in [0.1, 0.15) is 22.0 Å². The van der Waals surface area contributed by atoms with Gasteiger partial charge in [-0.25, -0.2) is 4.39 Å². The number of ketones is 1. The zero-order chi connectivity index (χ0) is 24.7. The van der Waals surface area contributed by atoms with Gasteiger partial charge in [-0.15, -0.1) is 11.3 Å². The van der Waals surface area contributed by atoms with E-state index in [1.165, 1.54) is 54.7 Å². The molecule has 0 bridgehead atoms. The van der Waals surface area contributed by atoms with Gasteiger partial charge in [0.15, 0.2) is 11.5 Å². The van der Waals surface area contributed by atoms with Gasteiger partial charge in [0.1, 0.15) is 22.6 Å². The number of benzene rings is 2. The molecule has 2 heterocycles. The highest BCUT2D eigenvalue weighted by Gasteiger charge is 2.48. The molecule has 1 unspecified atom stereocenters. The normalized spacial score (nSPS) is 17.4. The number of anilines is 1. The van der Waals surface area contributed by atoms with Crippen LogP contribution in [0.3, 0.4) is 0 Å². The van der Waals surface area contributed by atoms with Crippen molar-refractivity contribution >= 4 is 57.7 Å². The van der Waals surface area contributed by atoms with Crippen molar-refractivity contribution in [1.29, 1.82) is 0 Å². The fraction of sp³-hybridized carbons (Fsp3) is 0.167. The highest BCUT2D eigenvalue weighted by molar-refractivity contribution is 7.10. The first-order valence-electron chi connectivity index (χ1n) is 9.92. The summed E-state index contributed by atoms with van der Waals surface area (Å²) < 4.78 is 24.6. The van der Waals surface area contributed by atoms with E-state index < -0.39 is 29.3 Å². The molecule has 34 heavy (non-hydrogen) atoms. The Hall–Kier alpha value is -3.07. The summed E-state index contributed by atoms with van der Waals surface area (Å²) in [6.45, 7) is 1.82. The molecule has 176 valence electrons. The van der Waals surface area contributed by atoms with Crippen LogP contribution >= 0.6 is 34.5 Å². The number of Topliss-reactive ketones (excluding diaryl/α,β-unsaturated/α-hetero) is 1. The average molecular weight is 522 g/mol. The molecule has 10 heteroatoms. The van der Waals surface area contributed by atoms with E-state index in [4.69, 9.17) is 32.7 Å². The number of carbonyl (C=O) groups excluding carboxylic acids is 2. The van der Waals surface area contributed by atoms with E-state index in [0.29, 0.717) is 4.88 Å². The van der Waals surface area contributed by atoms with Crippen LogP contribution in [0.2, 0.25) is 10.0 Å². The summed E-state index contributed by atoms with van der Waals surface area (Å²) in [5.41, 5.74) is 0.781. The van der Waals surface area contributed by atoms with Crippen molar-refractivity contribution in [1.82, 2.24) is 0 Å². The minimum atomic E-state index is -1.01. The predicted octanol–water partition coefficient (Wildman–Crippen LogP) is 6.15. The molecule has 1 atom stereocenters. The van der Waals surface area contributed by atoms with Gasteiger partial charge in [0.25, 0.3) is 11.7 Å². The molecule has 0 saturated carbocycles. The first-order chi connectivity index (χ1) is 16.2. The maximum atomic E-state index is 14.0. The Morgan fingerprint density at radius 1 is 1.12 bits per heavy atom. The van der Waals surface area contributed by atoms with Crippen LogP contribution in [0.5, 0.6) is 11.5 Å². The summed E-state index contributed by atoms with van der Waals surface area (Å²) in [4.78, 5) is 28.3. The maximum Gasteiger partial charge on any atom is 0.300 e. The summed E-state index contributed by atoms with van der Waals surface area (Å²) in [6.07, 6.45) is 0. The molecule has 4 rings (SSSR count). The van der Waals surface area contributed by atoms with Gasteiger partial charge in [-0.3, -0.25) is 14.5 Å². The average Bonchev–Trinajstić information content (AvgIpc) is 3.33. The molecule has 2 aromatic carbocycles. The topological polar surface area (TPSA) is 76.1 Å². The van der Waals surface area contributed by atoms with E-state index in [2.05, 4.69) is 0 Å². The van der Waals surface area contributed by atoms with Crippen LogP contribution in [0.15, 0.2) is 47.4 Å². The fourth-order valence-electron chi connectivity index (χ4n) is 3.93. The Labute approximate surface area is 208 Å². The van der Waals surface area contributed by atoms with Gasteiger partial charge in [-0.1, -0.05) is 29.3 Å². The van der Waals surface area contributed by atoms with Crippen molar-refractivity contribution < 1.29 is 28.6 Å². The van der Waals surface area contributed by atoms with E-state index in [1.807, 2.05) is 13.0 Å². The van der Waals surface area contributed by atoms with Crippen LogP contribution in [0.4, 0.5) is 10.1 Å². The summed E-state index contributed by atoms with van der Waals surface area (Å²) in [7, 11) is 2.70. The van der Waals surface area contributed by atoms with Crippen molar-refractivity contribution in [2.45, 2.75) is 13.0 Å². The molecule has 1 aromatic heterocycles. The third-order valence-corrected chi connectivity index (χ3v) is 7.17. The number of nitrogens with zero attached hydrogens (tertiary/aromatic N) is 1. The Morgan fingerprint density at radius 3 is 2.41 bits per heavy atom. The maximum absolute atomic E-state index is 14.0. The largest absolute Gasteiger partial charge is 0.507 e. The zero-order valence-electron chi connectivity index (χ0n) is 18.2. The second kappa shape index (κ2) is 9.29. The minimum absolute atomic E-state index is 0.00903. The number of aliphatic hydroxyl groups excluding tert-OH is 1. The van der Waals surface area contributed by atoms with Crippen molar-refractivity contribution in [2.75, 3.05) is 19.1 Å². The second-order valence-electron chi connectivity index (χ2n) is 7.40. The molecular weight excluding hydrogens is 504 g/mol. The summed E-state index contributed by atoms with van der Waals surface area (Å²) in [5, 5.41) is 13.2. The van der Waals surface area contributed by atoms with Gasteiger partial charge in [-0.2, -0.15) is 0 Å². The summed E-state index contributed by atoms with van der Waals surface area (Å²) >= 11 is 14.0. The van der Waals surface area contributed by atoms with Crippen LogP contribution in [0.25, 0.3) is 5.76 Å². The van der Waals surface area contributed by atoms with Crippen LogP contribution in [-0.2, 0) is 9.59 Å². The van der Waals surface area contributed by atoms with Gasteiger partial charge in [0.05, 0.1) is 30.4 Å². The van der Waals surface area contributed by atoms with Crippen LogP contribution < -0.4 is 14.4 Å². The van der Waals surface area contributed by atoms with Crippen molar-refractivity contribution in [3.63, 3.8) is 0 Å². The van der Waals surface area contributed by atoms with Gasteiger partial charge < -0.3 is 14.6 Å². The molecule has 0 aliphatic carbocycles. The lowest BCUT2D eigenvalue weighted by atomic mass is 9.97. The number of aryl methyl sites for hydroxylation is 1. The third kappa shape index (κ3) is 3.81. The molecule has 1 fully saturated rings. The Kier molecular flexibility index (Phi) is 6.58. The molecular formula is C24H18Cl2FNO5S. The van der Waals surface area contributed by atoms with Gasteiger partial charge in [-0.05, 0) is 48.2 Å². The summed E-state index contributed by atoms with van der Waals surface area (Å²) in [6, 6.07) is 7.51. The minimum Gasteiger partial charge on any atom is -0.507 e. The molecule has 3 aromatic rings. The number of halogens is 3. The smallest absolute Gasteiger partial charge is 0.300 e. The Bertz CT molecular complexity index is 1350. The van der Waals surface area contributed by atoms with Gasteiger partial charge >= 0.3 is 0 Å². The zero-order valence-corrected chi connectivity index (χ0v) is 20.5. The molecule has 1 amide bonds. The standard InChI is InChI=1S/C24H18Cl2FNO5S/c1-11-7-8-34-23(11)18-16(20(30)24(31)28(18)13-6-4-5-12(27)9-13)19(29)14-10-15(25)22(33-3)17(26)21(14)32-2/h4-10,18,29H,1-3H3/b19-16+. The van der Waals surface area contributed by atoms with E-state index in [-0.39, 0.29) is 38.4 Å². The molecule has 1 aliphatic heterocycles. The SMILES string of the molecule is COc1c(Cl)cc(/C(O)=C2\C(=O)C(=O)N(c3cccc(F)c3)C2c2sccc2C)c(OC)c1Cl.